The first-order chi connectivity index (χ1) is 7.75. The second kappa shape index (κ2) is 4.95. The molecule has 0 amide bonds. The number of hydrazine groups is 1. The van der Waals surface area contributed by atoms with Gasteiger partial charge < -0.3 is 5.11 Å². The highest BCUT2D eigenvalue weighted by Crippen LogP contribution is 2.15. The summed E-state index contributed by atoms with van der Waals surface area (Å²) in [5.41, 5.74) is 6.71. The summed E-state index contributed by atoms with van der Waals surface area (Å²) >= 11 is 0. The molecular formula is C9H13N5O2. The van der Waals surface area contributed by atoms with E-state index < -0.39 is 5.97 Å². The van der Waals surface area contributed by atoms with Crippen molar-refractivity contribution in [3.63, 3.8) is 0 Å². The highest BCUT2D eigenvalue weighted by molar-refractivity contribution is 5.67. The van der Waals surface area contributed by atoms with E-state index in [0.717, 1.165) is 12.2 Å². The summed E-state index contributed by atoms with van der Waals surface area (Å²) in [4.78, 5) is 14.5. The smallest absolute Gasteiger partial charge is 0.304 e. The van der Waals surface area contributed by atoms with Gasteiger partial charge in [-0.05, 0) is 12.3 Å². The Bertz CT molecular complexity index is 358. The molecule has 86 valence electrons. The highest BCUT2D eigenvalue weighted by Gasteiger charge is 2.29. The van der Waals surface area contributed by atoms with Gasteiger partial charge in [-0.15, -0.1) is 5.10 Å². The number of nitrogens with zero attached hydrogens (tertiary/aromatic N) is 3. The topological polar surface area (TPSA) is 100 Å². The minimum atomic E-state index is -0.802. The molecule has 2 rings (SSSR count). The van der Waals surface area contributed by atoms with Crippen LogP contribution in [0.15, 0.2) is 12.5 Å². The number of carbonyl (C=O) groups is 1. The first kappa shape index (κ1) is 10.9. The molecule has 1 aromatic rings. The van der Waals surface area contributed by atoms with Crippen LogP contribution >= 0.6 is 0 Å². The quantitative estimate of drug-likeness (QED) is 0.600. The molecule has 0 aromatic carbocycles. The number of nitrogens with one attached hydrogen (secondary N) is 2. The van der Waals surface area contributed by atoms with E-state index in [1.165, 1.54) is 6.33 Å². The van der Waals surface area contributed by atoms with Gasteiger partial charge >= 0.3 is 5.97 Å². The number of aliphatic carboxylic acids is 1. The fraction of sp³-hybridized carbons (Fsp3) is 0.556. The van der Waals surface area contributed by atoms with Crippen molar-refractivity contribution in [1.29, 1.82) is 0 Å². The minimum absolute atomic E-state index is 0.0699. The second-order valence-electron chi connectivity index (χ2n) is 3.79. The number of hydrogen-bond acceptors (Lipinski definition) is 6. The van der Waals surface area contributed by atoms with Gasteiger partial charge in [-0.25, -0.2) is 4.98 Å². The van der Waals surface area contributed by atoms with Crippen LogP contribution in [0, 0.1) is 5.92 Å². The Morgan fingerprint density at radius 1 is 1.62 bits per heavy atom. The van der Waals surface area contributed by atoms with Gasteiger partial charge in [-0.1, -0.05) is 0 Å². The van der Waals surface area contributed by atoms with Crippen molar-refractivity contribution in [2.75, 3.05) is 6.54 Å². The monoisotopic (exact) mass is 223 g/mol. The molecule has 3 N–H and O–H groups in total. The Kier molecular flexibility index (Phi) is 3.37. The largest absolute Gasteiger partial charge is 0.481 e. The van der Waals surface area contributed by atoms with Crippen LogP contribution in [0.3, 0.4) is 0 Å². The minimum Gasteiger partial charge on any atom is -0.481 e. The van der Waals surface area contributed by atoms with Crippen molar-refractivity contribution in [1.82, 2.24) is 26.0 Å². The lowest BCUT2D eigenvalue weighted by molar-refractivity contribution is -0.137. The zero-order valence-corrected chi connectivity index (χ0v) is 8.63. The molecule has 0 bridgehead atoms. The summed E-state index contributed by atoms with van der Waals surface area (Å²) in [5.74, 6) is -0.599. The van der Waals surface area contributed by atoms with Crippen LogP contribution in [0.1, 0.15) is 12.1 Å². The first-order valence-corrected chi connectivity index (χ1v) is 5.07. The molecule has 2 unspecified atom stereocenters. The van der Waals surface area contributed by atoms with Gasteiger partial charge in [0.2, 0.25) is 0 Å². The summed E-state index contributed by atoms with van der Waals surface area (Å²) in [5, 5.41) is 16.4. The van der Waals surface area contributed by atoms with Crippen LogP contribution in [0.5, 0.6) is 0 Å². The lowest BCUT2D eigenvalue weighted by Gasteiger charge is -2.15. The zero-order valence-electron chi connectivity index (χ0n) is 8.63. The fourth-order valence-corrected chi connectivity index (χ4v) is 1.84. The lowest BCUT2D eigenvalue weighted by Crippen LogP contribution is -2.34. The summed E-state index contributed by atoms with van der Waals surface area (Å²) < 4.78 is 0. The molecule has 0 aliphatic carbocycles. The van der Waals surface area contributed by atoms with E-state index in [1.54, 1.807) is 6.20 Å². The molecule has 0 radical (unpaired) electrons. The maximum absolute atomic E-state index is 10.6. The molecule has 1 fully saturated rings. The summed E-state index contributed by atoms with van der Waals surface area (Å²) in [6.45, 7) is 0.731. The second-order valence-corrected chi connectivity index (χ2v) is 3.79. The molecule has 7 heteroatoms. The van der Waals surface area contributed by atoms with E-state index in [2.05, 4.69) is 26.0 Å². The average Bonchev–Trinajstić information content (AvgIpc) is 2.66. The molecule has 1 aliphatic heterocycles. The van der Waals surface area contributed by atoms with Crippen LogP contribution < -0.4 is 10.9 Å². The number of carboxylic acid groups (broad SMARTS) is 1. The fourth-order valence-electron chi connectivity index (χ4n) is 1.84. The summed E-state index contributed by atoms with van der Waals surface area (Å²) in [6, 6.07) is -0.0699. The number of rotatable bonds is 4. The van der Waals surface area contributed by atoms with Gasteiger partial charge in [-0.3, -0.25) is 15.6 Å². The molecule has 0 saturated carbocycles. The predicted octanol–water partition coefficient (Wildman–Crippen LogP) is -1.02. The van der Waals surface area contributed by atoms with Crippen molar-refractivity contribution in [2.24, 2.45) is 5.92 Å². The molecule has 1 aliphatic rings. The van der Waals surface area contributed by atoms with Crippen molar-refractivity contribution < 1.29 is 9.90 Å². The molecule has 2 atom stereocenters. The van der Waals surface area contributed by atoms with Gasteiger partial charge in [0.25, 0.3) is 0 Å². The van der Waals surface area contributed by atoms with Crippen LogP contribution in [-0.2, 0) is 11.2 Å². The van der Waals surface area contributed by atoms with Crippen molar-refractivity contribution in [2.45, 2.75) is 18.9 Å². The van der Waals surface area contributed by atoms with Gasteiger partial charge in [0.05, 0.1) is 18.3 Å². The molecule has 2 heterocycles. The summed E-state index contributed by atoms with van der Waals surface area (Å²) in [7, 11) is 0. The van der Waals surface area contributed by atoms with Gasteiger partial charge in [0.15, 0.2) is 0 Å². The Balaban J connectivity index is 1.96. The van der Waals surface area contributed by atoms with E-state index in [1.807, 2.05) is 0 Å². The van der Waals surface area contributed by atoms with E-state index in [-0.39, 0.29) is 18.4 Å². The molecular weight excluding hydrogens is 210 g/mol. The van der Waals surface area contributed by atoms with Gasteiger partial charge in [0, 0.05) is 12.6 Å². The lowest BCUT2D eigenvalue weighted by atomic mass is 9.94. The number of carboxylic acids is 1. The van der Waals surface area contributed by atoms with E-state index >= 15 is 0 Å². The molecule has 1 saturated heterocycles. The maximum Gasteiger partial charge on any atom is 0.304 e. The Labute approximate surface area is 92.3 Å². The molecule has 16 heavy (non-hydrogen) atoms. The first-order valence-electron chi connectivity index (χ1n) is 5.07. The number of aromatic nitrogens is 3. The predicted molar refractivity (Wildman–Crippen MR) is 54.2 cm³/mol. The van der Waals surface area contributed by atoms with Crippen molar-refractivity contribution >= 4 is 5.97 Å². The third-order valence-corrected chi connectivity index (χ3v) is 2.61. The zero-order chi connectivity index (χ0) is 11.4. The van der Waals surface area contributed by atoms with Gasteiger partial charge in [-0.2, -0.15) is 5.10 Å². The maximum atomic E-state index is 10.6. The number of hydrogen-bond donors (Lipinski definition) is 3. The van der Waals surface area contributed by atoms with E-state index in [0.29, 0.717) is 6.42 Å². The van der Waals surface area contributed by atoms with Crippen molar-refractivity contribution in [3.8, 4) is 0 Å². The van der Waals surface area contributed by atoms with Gasteiger partial charge in [0.1, 0.15) is 6.33 Å². The standard InChI is InChI=1S/C9H13N5O2/c15-9(16)2-8-6(3-11-14-8)1-7-4-10-5-12-13-7/h4-6,8,11,14H,1-3H2,(H,15,16). The normalized spacial score (nSPS) is 24.5. The van der Waals surface area contributed by atoms with E-state index in [4.69, 9.17) is 5.11 Å². The van der Waals surface area contributed by atoms with Crippen LogP contribution in [0.2, 0.25) is 0 Å². The van der Waals surface area contributed by atoms with Crippen molar-refractivity contribution in [3.05, 3.63) is 18.2 Å². The van der Waals surface area contributed by atoms with Crippen LogP contribution in [-0.4, -0.2) is 38.8 Å². The highest BCUT2D eigenvalue weighted by atomic mass is 16.4. The van der Waals surface area contributed by atoms with Crippen LogP contribution in [0.25, 0.3) is 0 Å². The Morgan fingerprint density at radius 3 is 3.19 bits per heavy atom. The average molecular weight is 223 g/mol. The Morgan fingerprint density at radius 2 is 2.50 bits per heavy atom. The summed E-state index contributed by atoms with van der Waals surface area (Å²) in [6.07, 6.45) is 3.82. The molecule has 0 spiro atoms. The van der Waals surface area contributed by atoms with Crippen LogP contribution in [0.4, 0.5) is 0 Å². The SMILES string of the molecule is O=C(O)CC1NNCC1Cc1cncnn1. The third kappa shape index (κ3) is 2.71. The Hall–Kier alpha value is -1.60. The molecule has 7 nitrogen and oxygen atoms in total. The third-order valence-electron chi connectivity index (χ3n) is 2.61. The van der Waals surface area contributed by atoms with E-state index in [9.17, 15) is 4.79 Å². The molecule has 1 aromatic heterocycles.